The number of hydrogen-bond acceptors (Lipinski definition) is 3. The zero-order valence-corrected chi connectivity index (χ0v) is 14.2. The number of hydrogen-bond donors (Lipinski definition) is 1. The summed E-state index contributed by atoms with van der Waals surface area (Å²) in [6, 6.07) is 11.0. The lowest BCUT2D eigenvalue weighted by Gasteiger charge is -2.16. The number of aryl methyl sites for hydroxylation is 1. The van der Waals surface area contributed by atoms with Gasteiger partial charge in [-0.3, -0.25) is 9.59 Å². The zero-order valence-electron chi connectivity index (χ0n) is 13.4. The van der Waals surface area contributed by atoms with Crippen LogP contribution in [0.3, 0.4) is 0 Å². The van der Waals surface area contributed by atoms with Crippen LogP contribution in [-0.4, -0.2) is 11.8 Å². The normalized spacial score (nSPS) is 15.0. The van der Waals surface area contributed by atoms with Crippen LogP contribution in [0.4, 0.5) is 24.5 Å². The largest absolute Gasteiger partial charge is 0.416 e. The number of imide groups is 1. The third-order valence-electron chi connectivity index (χ3n) is 3.75. The molecule has 4 nitrogen and oxygen atoms in total. The van der Waals surface area contributed by atoms with Crippen LogP contribution >= 0.6 is 11.6 Å². The molecule has 2 aromatic rings. The summed E-state index contributed by atoms with van der Waals surface area (Å²) in [5.74, 6) is -1.47. The number of carbonyl (C=O) groups excluding carboxylic acids is 2. The van der Waals surface area contributed by atoms with Crippen LogP contribution in [0.1, 0.15) is 11.1 Å². The first kappa shape index (κ1) is 18.0. The third kappa shape index (κ3) is 3.30. The number of carbonyl (C=O) groups is 2. The van der Waals surface area contributed by atoms with E-state index in [2.05, 4.69) is 5.32 Å². The SMILES string of the molecule is Cc1cccc(N2C(=O)C(Cl)=C(Nc3cccc(C(F)(F)F)c3)C2=O)c1. The minimum absolute atomic E-state index is 0.000201. The summed E-state index contributed by atoms with van der Waals surface area (Å²) in [5, 5.41) is 2.15. The van der Waals surface area contributed by atoms with E-state index in [1.807, 2.05) is 0 Å². The number of nitrogens with one attached hydrogen (secondary N) is 1. The molecule has 1 aliphatic heterocycles. The highest BCUT2D eigenvalue weighted by Gasteiger charge is 2.39. The first-order valence-electron chi connectivity index (χ1n) is 7.48. The highest BCUT2D eigenvalue weighted by molar-refractivity contribution is 6.53. The lowest BCUT2D eigenvalue weighted by molar-refractivity contribution is -0.137. The van der Waals surface area contributed by atoms with Crippen molar-refractivity contribution in [2.24, 2.45) is 0 Å². The summed E-state index contributed by atoms with van der Waals surface area (Å²) >= 11 is 5.97. The summed E-state index contributed by atoms with van der Waals surface area (Å²) < 4.78 is 38.5. The Morgan fingerprint density at radius 1 is 1.00 bits per heavy atom. The Hall–Kier alpha value is -2.80. The maximum atomic E-state index is 12.8. The van der Waals surface area contributed by atoms with E-state index in [0.717, 1.165) is 22.6 Å². The number of rotatable bonds is 3. The van der Waals surface area contributed by atoms with Gasteiger partial charge < -0.3 is 5.32 Å². The molecule has 0 atom stereocenters. The first-order chi connectivity index (χ1) is 12.2. The summed E-state index contributed by atoms with van der Waals surface area (Å²) in [7, 11) is 0. The maximum Gasteiger partial charge on any atom is 0.416 e. The fourth-order valence-electron chi connectivity index (χ4n) is 2.53. The molecule has 1 N–H and O–H groups in total. The Morgan fingerprint density at radius 2 is 1.69 bits per heavy atom. The van der Waals surface area contributed by atoms with E-state index in [1.54, 1.807) is 31.2 Å². The fraction of sp³-hybridized carbons (Fsp3) is 0.111. The number of amides is 2. The molecule has 134 valence electrons. The van der Waals surface area contributed by atoms with Crippen LogP contribution in [0.15, 0.2) is 59.3 Å². The molecule has 2 amide bonds. The second-order valence-corrected chi connectivity index (χ2v) is 6.06. The second-order valence-electron chi connectivity index (χ2n) is 5.68. The molecule has 3 rings (SSSR count). The van der Waals surface area contributed by atoms with Crippen LogP contribution < -0.4 is 10.2 Å². The Kier molecular flexibility index (Phi) is 4.50. The summed E-state index contributed by atoms with van der Waals surface area (Å²) in [6.07, 6.45) is -4.53. The van der Waals surface area contributed by atoms with Crippen LogP contribution in [-0.2, 0) is 15.8 Å². The molecule has 0 spiro atoms. The van der Waals surface area contributed by atoms with Gasteiger partial charge in [-0.1, -0.05) is 29.8 Å². The predicted octanol–water partition coefficient (Wildman–Crippen LogP) is 4.45. The Bertz CT molecular complexity index is 938. The Morgan fingerprint density at radius 3 is 2.35 bits per heavy atom. The van der Waals surface area contributed by atoms with Crippen molar-refractivity contribution in [3.63, 3.8) is 0 Å². The van der Waals surface area contributed by atoms with Crippen LogP contribution in [0, 0.1) is 6.92 Å². The zero-order chi connectivity index (χ0) is 19.1. The quantitative estimate of drug-likeness (QED) is 0.800. The molecule has 0 saturated heterocycles. The summed E-state index contributed by atoms with van der Waals surface area (Å²) in [6.45, 7) is 1.80. The molecule has 2 aromatic carbocycles. The smallest absolute Gasteiger partial charge is 0.350 e. The van der Waals surface area contributed by atoms with E-state index >= 15 is 0 Å². The topological polar surface area (TPSA) is 49.4 Å². The van der Waals surface area contributed by atoms with Crippen molar-refractivity contribution in [2.45, 2.75) is 13.1 Å². The van der Waals surface area contributed by atoms with Crippen molar-refractivity contribution in [1.29, 1.82) is 0 Å². The predicted molar refractivity (Wildman–Crippen MR) is 91.6 cm³/mol. The van der Waals surface area contributed by atoms with Gasteiger partial charge in [-0.25, -0.2) is 4.90 Å². The standard InChI is InChI=1S/C18H12ClF3N2O2/c1-10-4-2-7-13(8-10)24-16(25)14(19)15(17(24)26)23-12-6-3-5-11(9-12)18(20,21)22/h2-9,23H,1H3. The molecule has 0 radical (unpaired) electrons. The van der Waals surface area contributed by atoms with Gasteiger partial charge in [0.15, 0.2) is 0 Å². The van der Waals surface area contributed by atoms with E-state index in [1.165, 1.54) is 12.1 Å². The molecule has 0 bridgehead atoms. The van der Waals surface area contributed by atoms with Gasteiger partial charge in [-0.15, -0.1) is 0 Å². The maximum absolute atomic E-state index is 12.8. The lowest BCUT2D eigenvalue weighted by atomic mass is 10.2. The molecule has 0 unspecified atom stereocenters. The number of anilines is 2. The molecule has 1 aliphatic rings. The number of alkyl halides is 3. The molecule has 0 aliphatic carbocycles. The molecular weight excluding hydrogens is 369 g/mol. The van der Waals surface area contributed by atoms with Crippen molar-refractivity contribution >= 4 is 34.8 Å². The molecule has 0 aromatic heterocycles. The van der Waals surface area contributed by atoms with Gasteiger partial charge in [0.25, 0.3) is 11.8 Å². The highest BCUT2D eigenvalue weighted by atomic mass is 35.5. The van der Waals surface area contributed by atoms with Gasteiger partial charge in [0.2, 0.25) is 0 Å². The molecule has 0 saturated carbocycles. The van der Waals surface area contributed by atoms with Crippen LogP contribution in [0.2, 0.25) is 0 Å². The minimum atomic E-state index is -4.53. The van der Waals surface area contributed by atoms with Crippen molar-refractivity contribution < 1.29 is 22.8 Å². The van der Waals surface area contributed by atoms with Crippen molar-refractivity contribution in [2.75, 3.05) is 10.2 Å². The number of nitrogens with zero attached hydrogens (tertiary/aromatic N) is 1. The van der Waals surface area contributed by atoms with E-state index in [9.17, 15) is 22.8 Å². The van der Waals surface area contributed by atoms with Crippen LogP contribution in [0.5, 0.6) is 0 Å². The van der Waals surface area contributed by atoms with Crippen molar-refractivity contribution in [3.05, 3.63) is 70.4 Å². The van der Waals surface area contributed by atoms with E-state index in [-0.39, 0.29) is 16.4 Å². The van der Waals surface area contributed by atoms with Crippen LogP contribution in [0.25, 0.3) is 0 Å². The lowest BCUT2D eigenvalue weighted by Crippen LogP contribution is -2.32. The second kappa shape index (κ2) is 6.49. The van der Waals surface area contributed by atoms with E-state index in [0.29, 0.717) is 5.69 Å². The van der Waals surface area contributed by atoms with Crippen molar-refractivity contribution in [1.82, 2.24) is 0 Å². The highest BCUT2D eigenvalue weighted by Crippen LogP contribution is 2.33. The monoisotopic (exact) mass is 380 g/mol. The average molecular weight is 381 g/mol. The van der Waals surface area contributed by atoms with E-state index < -0.39 is 23.6 Å². The summed E-state index contributed by atoms with van der Waals surface area (Å²) in [5.41, 5.74) is 0.0155. The molecule has 0 fully saturated rings. The fourth-order valence-corrected chi connectivity index (χ4v) is 2.74. The summed E-state index contributed by atoms with van der Waals surface area (Å²) in [4.78, 5) is 25.8. The Balaban J connectivity index is 1.92. The van der Waals surface area contributed by atoms with Gasteiger partial charge in [0.05, 0.1) is 11.3 Å². The van der Waals surface area contributed by atoms with Gasteiger partial charge in [-0.2, -0.15) is 13.2 Å². The van der Waals surface area contributed by atoms with Gasteiger partial charge in [0, 0.05) is 5.69 Å². The van der Waals surface area contributed by atoms with Gasteiger partial charge in [-0.05, 0) is 42.8 Å². The number of halogens is 4. The molecular formula is C18H12ClF3N2O2. The van der Waals surface area contributed by atoms with E-state index in [4.69, 9.17) is 11.6 Å². The van der Waals surface area contributed by atoms with Crippen molar-refractivity contribution in [3.8, 4) is 0 Å². The Labute approximate surface area is 151 Å². The van der Waals surface area contributed by atoms with Gasteiger partial charge in [0.1, 0.15) is 10.7 Å². The minimum Gasteiger partial charge on any atom is -0.350 e. The first-order valence-corrected chi connectivity index (χ1v) is 7.86. The molecule has 8 heteroatoms. The average Bonchev–Trinajstić information content (AvgIpc) is 2.78. The molecule has 26 heavy (non-hydrogen) atoms. The number of benzene rings is 2. The van der Waals surface area contributed by atoms with Gasteiger partial charge >= 0.3 is 6.18 Å². The molecule has 1 heterocycles. The third-order valence-corrected chi connectivity index (χ3v) is 4.10.